The van der Waals surface area contributed by atoms with Gasteiger partial charge in [0.05, 0.1) is 15.6 Å². The van der Waals surface area contributed by atoms with Crippen LogP contribution in [0.15, 0.2) is 56.8 Å². The predicted octanol–water partition coefficient (Wildman–Crippen LogP) is 4.13. The van der Waals surface area contributed by atoms with Crippen LogP contribution in [0.5, 0.6) is 0 Å². The highest BCUT2D eigenvalue weighted by atomic mass is 32.2. The molecule has 1 aromatic carbocycles. The molecule has 1 saturated heterocycles. The number of carboxylic acids is 1. The second-order valence-electron chi connectivity index (χ2n) is 5.83. The Morgan fingerprint density at radius 1 is 1.38 bits per heavy atom. The number of fused-ring (bicyclic) bond motifs is 1. The van der Waals surface area contributed by atoms with Crippen LogP contribution in [0.25, 0.3) is 0 Å². The van der Waals surface area contributed by atoms with Crippen LogP contribution in [-0.2, 0) is 9.59 Å². The number of rotatable bonds is 4. The number of benzene rings is 1. The van der Waals surface area contributed by atoms with E-state index in [2.05, 4.69) is 30.4 Å². The molecule has 0 bridgehead atoms. The van der Waals surface area contributed by atoms with Gasteiger partial charge in [-0.05, 0) is 49.3 Å². The lowest BCUT2D eigenvalue weighted by molar-refractivity contribution is -0.140. The summed E-state index contributed by atoms with van der Waals surface area (Å²) in [6.45, 7) is 3.54. The van der Waals surface area contributed by atoms with Gasteiger partial charge in [-0.15, -0.1) is 0 Å². The molecule has 2 aliphatic heterocycles. The van der Waals surface area contributed by atoms with Crippen molar-refractivity contribution in [1.29, 1.82) is 0 Å². The van der Waals surface area contributed by atoms with E-state index in [0.717, 1.165) is 33.0 Å². The fourth-order valence-electron chi connectivity index (χ4n) is 2.40. The summed E-state index contributed by atoms with van der Waals surface area (Å²) in [5.74, 6) is -1.45. The Balaban J connectivity index is 1.71. The fraction of sp³-hybridized carbons (Fsp3) is 0.167. The van der Waals surface area contributed by atoms with E-state index in [4.69, 9.17) is 17.3 Å². The monoisotopic (exact) mass is 404 g/mol. The van der Waals surface area contributed by atoms with Crippen LogP contribution >= 0.6 is 35.7 Å². The van der Waals surface area contributed by atoms with E-state index in [1.807, 2.05) is 19.1 Å². The van der Waals surface area contributed by atoms with Crippen molar-refractivity contribution in [3.63, 3.8) is 0 Å². The predicted molar refractivity (Wildman–Crippen MR) is 110 cm³/mol. The summed E-state index contributed by atoms with van der Waals surface area (Å²) >= 11 is 7.87. The van der Waals surface area contributed by atoms with Crippen molar-refractivity contribution < 1.29 is 14.7 Å². The van der Waals surface area contributed by atoms with E-state index in [1.165, 1.54) is 10.5 Å². The largest absolute Gasteiger partial charge is 0.480 e. The molecule has 1 amide bonds. The summed E-state index contributed by atoms with van der Waals surface area (Å²) in [4.78, 5) is 25.8. The number of hydrogen-bond donors (Lipinski definition) is 2. The molecule has 0 unspecified atom stereocenters. The summed E-state index contributed by atoms with van der Waals surface area (Å²) in [7, 11) is 0. The minimum Gasteiger partial charge on any atom is -0.480 e. The van der Waals surface area contributed by atoms with Crippen LogP contribution in [0.4, 0.5) is 5.69 Å². The molecule has 134 valence electrons. The van der Waals surface area contributed by atoms with Crippen LogP contribution in [0, 0.1) is 6.92 Å². The minimum atomic E-state index is -1.08. The topological polar surface area (TPSA) is 69.6 Å². The highest BCUT2D eigenvalue weighted by molar-refractivity contribution is 8.26. The van der Waals surface area contributed by atoms with E-state index < -0.39 is 12.5 Å². The summed E-state index contributed by atoms with van der Waals surface area (Å²) < 4.78 is 0.272. The molecule has 0 aromatic heterocycles. The highest BCUT2D eigenvalue weighted by Gasteiger charge is 2.33. The quantitative estimate of drug-likeness (QED) is 0.578. The van der Waals surface area contributed by atoms with Crippen LogP contribution in [0.2, 0.25) is 0 Å². The zero-order valence-corrected chi connectivity index (χ0v) is 16.6. The number of carbonyl (C=O) groups excluding carboxylic acids is 1. The number of aryl methyl sites for hydroxylation is 1. The van der Waals surface area contributed by atoms with Gasteiger partial charge in [0.25, 0.3) is 5.91 Å². The van der Waals surface area contributed by atoms with Gasteiger partial charge in [0, 0.05) is 4.90 Å². The normalized spacial score (nSPS) is 20.1. The van der Waals surface area contributed by atoms with E-state index in [0.29, 0.717) is 4.91 Å². The SMILES string of the molecule is CC(=CC=C1Nc2ccc(C)cc2S1)C=C1SC(=S)N(CC(=O)O)C1=O. The van der Waals surface area contributed by atoms with Gasteiger partial charge in [-0.2, -0.15) is 0 Å². The number of thiocarbonyl (C=S) groups is 1. The Hall–Kier alpha value is -2.03. The fourth-order valence-corrected chi connectivity index (χ4v) is 4.72. The maximum Gasteiger partial charge on any atom is 0.323 e. The third-order valence-electron chi connectivity index (χ3n) is 3.64. The Labute approximate surface area is 165 Å². The smallest absolute Gasteiger partial charge is 0.323 e. The van der Waals surface area contributed by atoms with Crippen LogP contribution in [0.1, 0.15) is 12.5 Å². The average Bonchev–Trinajstić information content (AvgIpc) is 3.08. The Morgan fingerprint density at radius 3 is 2.88 bits per heavy atom. The van der Waals surface area contributed by atoms with E-state index in [1.54, 1.807) is 17.8 Å². The number of amides is 1. The van der Waals surface area contributed by atoms with Crippen LogP contribution < -0.4 is 5.32 Å². The average molecular weight is 405 g/mol. The van der Waals surface area contributed by atoms with Gasteiger partial charge in [0.1, 0.15) is 10.9 Å². The van der Waals surface area contributed by atoms with Gasteiger partial charge in [-0.1, -0.05) is 47.9 Å². The Bertz CT molecular complexity index is 903. The lowest BCUT2D eigenvalue weighted by Crippen LogP contribution is -2.33. The molecule has 1 aromatic rings. The molecule has 2 N–H and O–H groups in total. The zero-order valence-electron chi connectivity index (χ0n) is 14.1. The molecule has 2 aliphatic rings. The van der Waals surface area contributed by atoms with Crippen molar-refractivity contribution in [3.8, 4) is 0 Å². The first-order chi connectivity index (χ1) is 12.3. The standard InChI is InChI=1S/C18H16N2O3S3/c1-10-3-5-12-13(7-10)25-15(19-12)6-4-11(2)8-14-17(23)20(9-16(21)22)18(24)26-14/h3-8,19H,9H2,1-2H3,(H,21,22). The molecule has 1 fully saturated rings. The first-order valence-electron chi connectivity index (χ1n) is 7.75. The molecular formula is C18H16N2O3S3. The second kappa shape index (κ2) is 7.69. The van der Waals surface area contributed by atoms with Crippen molar-refractivity contribution in [2.45, 2.75) is 18.7 Å². The molecule has 0 aliphatic carbocycles. The van der Waals surface area contributed by atoms with E-state index in [-0.39, 0.29) is 10.2 Å². The molecule has 3 rings (SSSR count). The Kier molecular flexibility index (Phi) is 5.55. The highest BCUT2D eigenvalue weighted by Crippen LogP contribution is 2.41. The maximum atomic E-state index is 12.3. The first-order valence-corrected chi connectivity index (χ1v) is 9.79. The van der Waals surface area contributed by atoms with Crippen molar-refractivity contribution in [2.24, 2.45) is 0 Å². The summed E-state index contributed by atoms with van der Waals surface area (Å²) in [6.07, 6.45) is 5.61. The van der Waals surface area contributed by atoms with Gasteiger partial charge >= 0.3 is 5.97 Å². The third-order valence-corrected chi connectivity index (χ3v) is 6.03. The number of aliphatic carboxylic acids is 1. The first kappa shape index (κ1) is 18.8. The summed E-state index contributed by atoms with van der Waals surface area (Å²) in [5, 5.41) is 13.2. The number of nitrogens with one attached hydrogen (secondary N) is 1. The van der Waals surface area contributed by atoms with Crippen LogP contribution in [-0.4, -0.2) is 32.7 Å². The molecule has 0 saturated carbocycles. The van der Waals surface area contributed by atoms with Gasteiger partial charge in [0.2, 0.25) is 0 Å². The van der Waals surface area contributed by atoms with Gasteiger partial charge in [0.15, 0.2) is 0 Å². The molecule has 0 spiro atoms. The molecular weight excluding hydrogens is 388 g/mol. The van der Waals surface area contributed by atoms with Gasteiger partial charge in [-0.25, -0.2) is 0 Å². The van der Waals surface area contributed by atoms with Crippen LogP contribution in [0.3, 0.4) is 0 Å². The number of allylic oxidation sites excluding steroid dienone is 4. The molecule has 5 nitrogen and oxygen atoms in total. The van der Waals surface area contributed by atoms with E-state index in [9.17, 15) is 9.59 Å². The Morgan fingerprint density at radius 2 is 2.15 bits per heavy atom. The number of anilines is 1. The number of thioether (sulfide) groups is 2. The molecule has 0 radical (unpaired) electrons. The van der Waals surface area contributed by atoms with Crippen molar-refractivity contribution in [2.75, 3.05) is 11.9 Å². The summed E-state index contributed by atoms with van der Waals surface area (Å²) in [5.41, 5.74) is 3.18. The van der Waals surface area contributed by atoms with E-state index >= 15 is 0 Å². The molecule has 0 atom stereocenters. The molecule has 26 heavy (non-hydrogen) atoms. The zero-order chi connectivity index (χ0) is 18.8. The number of carboxylic acid groups (broad SMARTS) is 1. The van der Waals surface area contributed by atoms with Crippen molar-refractivity contribution in [1.82, 2.24) is 4.90 Å². The van der Waals surface area contributed by atoms with Crippen molar-refractivity contribution in [3.05, 3.63) is 57.5 Å². The second-order valence-corrected chi connectivity index (χ2v) is 8.59. The number of carbonyl (C=O) groups is 2. The third kappa shape index (κ3) is 4.20. The van der Waals surface area contributed by atoms with Gasteiger partial charge < -0.3 is 10.4 Å². The molecule has 2 heterocycles. The maximum absolute atomic E-state index is 12.3. The van der Waals surface area contributed by atoms with Gasteiger partial charge in [-0.3, -0.25) is 14.5 Å². The summed E-state index contributed by atoms with van der Waals surface area (Å²) in [6, 6.07) is 6.26. The van der Waals surface area contributed by atoms with Crippen molar-refractivity contribution >= 4 is 57.6 Å². The number of hydrogen-bond acceptors (Lipinski definition) is 6. The lowest BCUT2D eigenvalue weighted by Gasteiger charge is -2.10. The molecule has 8 heteroatoms. The lowest BCUT2D eigenvalue weighted by atomic mass is 10.2. The minimum absolute atomic E-state index is 0.272. The number of nitrogens with zero attached hydrogens (tertiary/aromatic N) is 1.